The minimum atomic E-state index is -2.85. The second-order valence-corrected chi connectivity index (χ2v) is 16.1. The Labute approximate surface area is 230 Å². The average Bonchev–Trinajstić information content (AvgIpc) is 2.84. The summed E-state index contributed by atoms with van der Waals surface area (Å²) in [5.41, 5.74) is 1.29. The second kappa shape index (κ2) is 10.9. The predicted molar refractivity (Wildman–Crippen MR) is 156 cm³/mol. The van der Waals surface area contributed by atoms with E-state index < -0.39 is 14.1 Å². The number of benzene rings is 2. The number of halogens is 1. The number of hydrogen-bond donors (Lipinski definition) is 0. The lowest BCUT2D eigenvalue weighted by Crippen LogP contribution is -2.67. The number of ketones is 1. The maximum Gasteiger partial charge on any atom is 0.261 e. The molecule has 1 aliphatic carbocycles. The topological polar surface area (TPSA) is 44.8 Å². The fraction of sp³-hybridized carbons (Fsp3) is 0.387. The Morgan fingerprint density at radius 1 is 1.03 bits per heavy atom. The van der Waals surface area contributed by atoms with Crippen LogP contribution >= 0.6 is 15.9 Å². The Kier molecular flexibility index (Phi) is 8.27. The lowest BCUT2D eigenvalue weighted by Gasteiger charge is -2.47. The number of hydrogen-bond acceptors (Lipinski definition) is 4. The first-order chi connectivity index (χ1) is 17.5. The number of ether oxygens (including phenoxy) is 2. The van der Waals surface area contributed by atoms with E-state index in [2.05, 4.69) is 91.8 Å². The first-order valence-electron chi connectivity index (χ1n) is 12.9. The smallest absolute Gasteiger partial charge is 0.261 e. The summed E-state index contributed by atoms with van der Waals surface area (Å²) in [6.07, 6.45) is 4.71. The SMILES string of the molecule is C=CCC1=CC2(O[C@H](C)C[C@@H](C)O2)C(CO[Si](c2ccccc2)(c2ccccc2)C(C)(C)C)=C(Br)C1=O. The molecule has 4 nitrogen and oxygen atoms in total. The molecule has 2 atom stereocenters. The Balaban J connectivity index is 1.85. The molecule has 2 aromatic rings. The van der Waals surface area contributed by atoms with Gasteiger partial charge in [0.2, 0.25) is 5.79 Å². The lowest BCUT2D eigenvalue weighted by atomic mass is 9.90. The molecule has 0 bridgehead atoms. The molecule has 2 aliphatic rings. The third-order valence-electron chi connectivity index (χ3n) is 7.17. The predicted octanol–water partition coefficient (Wildman–Crippen LogP) is 6.21. The molecule has 0 N–H and O–H groups in total. The van der Waals surface area contributed by atoms with E-state index in [0.29, 0.717) is 22.0 Å². The maximum absolute atomic E-state index is 13.4. The third-order valence-corrected chi connectivity index (χ3v) is 13.0. The van der Waals surface area contributed by atoms with Gasteiger partial charge in [0.1, 0.15) is 0 Å². The fourth-order valence-corrected chi connectivity index (χ4v) is 10.8. The van der Waals surface area contributed by atoms with Crippen molar-refractivity contribution in [3.63, 3.8) is 0 Å². The van der Waals surface area contributed by atoms with Crippen molar-refractivity contribution in [3.8, 4) is 0 Å². The van der Waals surface area contributed by atoms with Crippen LogP contribution in [0, 0.1) is 0 Å². The molecule has 37 heavy (non-hydrogen) atoms. The van der Waals surface area contributed by atoms with E-state index in [0.717, 1.165) is 6.42 Å². The average molecular weight is 582 g/mol. The van der Waals surface area contributed by atoms with E-state index in [1.807, 2.05) is 32.1 Å². The largest absolute Gasteiger partial charge is 0.403 e. The molecule has 6 heteroatoms. The summed E-state index contributed by atoms with van der Waals surface area (Å²) in [4.78, 5) is 13.4. The number of Topliss-reactive ketones (excluding diaryl/α,β-unsaturated/α-hetero) is 1. The van der Waals surface area contributed by atoms with Crippen LogP contribution in [0.1, 0.15) is 47.5 Å². The van der Waals surface area contributed by atoms with Gasteiger partial charge in [0.15, 0.2) is 5.78 Å². The van der Waals surface area contributed by atoms with E-state index in [1.54, 1.807) is 6.08 Å². The minimum absolute atomic E-state index is 0.0404. The van der Waals surface area contributed by atoms with Crippen LogP contribution in [0.5, 0.6) is 0 Å². The zero-order valence-electron chi connectivity index (χ0n) is 22.4. The van der Waals surface area contributed by atoms with Crippen LogP contribution < -0.4 is 10.4 Å². The summed E-state index contributed by atoms with van der Waals surface area (Å²) in [7, 11) is -2.85. The van der Waals surface area contributed by atoms with E-state index in [4.69, 9.17) is 13.9 Å². The van der Waals surface area contributed by atoms with Gasteiger partial charge in [-0.1, -0.05) is 87.5 Å². The van der Waals surface area contributed by atoms with Crippen molar-refractivity contribution < 1.29 is 18.7 Å². The van der Waals surface area contributed by atoms with Crippen molar-refractivity contribution in [3.05, 3.63) is 95.0 Å². The summed E-state index contributed by atoms with van der Waals surface area (Å²) < 4.78 is 20.7. The zero-order valence-corrected chi connectivity index (χ0v) is 25.0. The maximum atomic E-state index is 13.4. The molecule has 0 radical (unpaired) electrons. The zero-order chi connectivity index (χ0) is 26.8. The molecule has 1 saturated heterocycles. The van der Waals surface area contributed by atoms with Gasteiger partial charge in [-0.25, -0.2) is 0 Å². The number of carbonyl (C=O) groups excluding carboxylic acids is 1. The van der Waals surface area contributed by atoms with Crippen molar-refractivity contribution >= 4 is 40.4 Å². The highest BCUT2D eigenvalue weighted by atomic mass is 79.9. The number of carbonyl (C=O) groups is 1. The normalized spacial score (nSPS) is 24.8. The van der Waals surface area contributed by atoms with E-state index in [1.165, 1.54) is 10.4 Å². The van der Waals surface area contributed by atoms with Crippen molar-refractivity contribution in [2.45, 2.75) is 70.5 Å². The molecule has 1 spiro atoms. The highest BCUT2D eigenvalue weighted by molar-refractivity contribution is 9.12. The van der Waals surface area contributed by atoms with Crippen LogP contribution in [-0.2, 0) is 18.7 Å². The standard InChI is InChI=1S/C31H37BrO4Si/c1-7-14-24-20-31(35-22(2)19-23(3)36-31)27(28(32)29(24)33)21-34-37(30(4,5)6,25-15-10-8-11-16-25)26-17-12-9-13-18-26/h7-13,15-18,20,22-23H,1,14,19,21H2,2-6H3/t22-,23-/m1/s1. The van der Waals surface area contributed by atoms with Crippen molar-refractivity contribution in [1.29, 1.82) is 0 Å². The van der Waals surface area contributed by atoms with Crippen LogP contribution in [0.4, 0.5) is 0 Å². The number of rotatable bonds is 7. The molecule has 0 saturated carbocycles. The quantitative estimate of drug-likeness (QED) is 0.288. The lowest BCUT2D eigenvalue weighted by molar-refractivity contribution is -0.267. The van der Waals surface area contributed by atoms with Gasteiger partial charge >= 0.3 is 0 Å². The Bertz CT molecular complexity index is 1150. The van der Waals surface area contributed by atoms with Gasteiger partial charge in [-0.2, -0.15) is 0 Å². The molecule has 0 unspecified atom stereocenters. The van der Waals surface area contributed by atoms with Crippen molar-refractivity contribution in [2.24, 2.45) is 0 Å². The van der Waals surface area contributed by atoms with Gasteiger partial charge in [0, 0.05) is 11.1 Å². The molecule has 0 aromatic heterocycles. The van der Waals surface area contributed by atoms with Gasteiger partial charge in [-0.15, -0.1) is 6.58 Å². The second-order valence-electron chi connectivity index (χ2n) is 11.0. The molecular weight excluding hydrogens is 544 g/mol. The van der Waals surface area contributed by atoms with Gasteiger partial charge in [0.05, 0.1) is 23.3 Å². The minimum Gasteiger partial charge on any atom is -0.403 e. The molecule has 1 fully saturated rings. The molecule has 1 heterocycles. The van der Waals surface area contributed by atoms with Crippen molar-refractivity contribution in [1.82, 2.24) is 0 Å². The van der Waals surface area contributed by atoms with Crippen LogP contribution in [0.3, 0.4) is 0 Å². The van der Waals surface area contributed by atoms with E-state index in [9.17, 15) is 4.79 Å². The van der Waals surface area contributed by atoms with Crippen LogP contribution in [-0.4, -0.2) is 38.7 Å². The van der Waals surface area contributed by atoms with Crippen LogP contribution in [0.15, 0.2) is 95.0 Å². The Morgan fingerprint density at radius 2 is 1.54 bits per heavy atom. The number of allylic oxidation sites excluding steroid dienone is 3. The highest BCUT2D eigenvalue weighted by Gasteiger charge is 2.53. The first-order valence-corrected chi connectivity index (χ1v) is 15.6. The van der Waals surface area contributed by atoms with Gasteiger partial charge in [-0.05, 0) is 64.1 Å². The van der Waals surface area contributed by atoms with Gasteiger partial charge in [-0.3, -0.25) is 4.79 Å². The van der Waals surface area contributed by atoms with E-state index in [-0.39, 0.29) is 29.6 Å². The Hall–Kier alpha value is -2.09. The van der Waals surface area contributed by atoms with Crippen LogP contribution in [0.2, 0.25) is 5.04 Å². The fourth-order valence-electron chi connectivity index (χ4n) is 5.63. The van der Waals surface area contributed by atoms with Gasteiger partial charge < -0.3 is 13.9 Å². The monoisotopic (exact) mass is 580 g/mol. The summed E-state index contributed by atoms with van der Waals surface area (Å²) in [6.45, 7) is 14.8. The molecular formula is C31H37BrO4Si. The first kappa shape index (κ1) is 27.9. The Morgan fingerprint density at radius 3 is 2.00 bits per heavy atom. The molecule has 0 amide bonds. The van der Waals surface area contributed by atoms with Crippen LogP contribution in [0.25, 0.3) is 0 Å². The third kappa shape index (κ3) is 5.27. The van der Waals surface area contributed by atoms with Crippen molar-refractivity contribution in [2.75, 3.05) is 6.61 Å². The van der Waals surface area contributed by atoms with E-state index >= 15 is 0 Å². The summed E-state index contributed by atoms with van der Waals surface area (Å²) >= 11 is 3.64. The molecule has 1 aliphatic heterocycles. The highest BCUT2D eigenvalue weighted by Crippen LogP contribution is 2.44. The molecule has 2 aromatic carbocycles. The summed E-state index contributed by atoms with van der Waals surface area (Å²) in [5, 5.41) is 2.15. The molecule has 196 valence electrons. The summed E-state index contributed by atoms with van der Waals surface area (Å²) in [6, 6.07) is 21.0. The summed E-state index contributed by atoms with van der Waals surface area (Å²) in [5.74, 6) is -1.25. The molecule has 4 rings (SSSR count). The van der Waals surface area contributed by atoms with Gasteiger partial charge in [0.25, 0.3) is 8.32 Å².